The molecule has 0 saturated heterocycles. The minimum atomic E-state index is -0.153. The highest BCUT2D eigenvalue weighted by Crippen LogP contribution is 2.52. The molecule has 270 valence electrons. The maximum atomic E-state index is 2.51. The minimum absolute atomic E-state index is 0.153. The third kappa shape index (κ3) is 5.11. The number of hydrogen-bond donors (Lipinski definition) is 0. The number of hydrogen-bond acceptors (Lipinski definition) is 1. The number of anilines is 3. The van der Waals surface area contributed by atoms with Crippen LogP contribution in [0.5, 0.6) is 0 Å². The molecule has 57 heavy (non-hydrogen) atoms. The van der Waals surface area contributed by atoms with Gasteiger partial charge in [-0.05, 0) is 92.2 Å². The third-order valence-electron chi connectivity index (χ3n) is 12.2. The summed E-state index contributed by atoms with van der Waals surface area (Å²) in [5.74, 6) is 0. The Hall–Kier alpha value is -7.16. The van der Waals surface area contributed by atoms with E-state index in [0.717, 1.165) is 22.7 Å². The van der Waals surface area contributed by atoms with E-state index >= 15 is 0 Å². The average Bonchev–Trinajstić information content (AvgIpc) is 3.72. The van der Waals surface area contributed by atoms with Gasteiger partial charge in [0.2, 0.25) is 0 Å². The lowest BCUT2D eigenvalue weighted by atomic mass is 9.82. The van der Waals surface area contributed by atoms with E-state index in [0.29, 0.717) is 0 Å². The van der Waals surface area contributed by atoms with Gasteiger partial charge in [0.25, 0.3) is 0 Å². The number of aromatic nitrogens is 1. The first kappa shape index (κ1) is 33.2. The molecule has 0 saturated carbocycles. The zero-order valence-electron chi connectivity index (χ0n) is 32.0. The molecule has 0 N–H and O–H groups in total. The van der Waals surface area contributed by atoms with Crippen molar-refractivity contribution in [3.63, 3.8) is 0 Å². The molecule has 0 bridgehead atoms. The fourth-order valence-electron chi connectivity index (χ4n) is 9.58. The molecule has 0 unspecified atom stereocenters. The van der Waals surface area contributed by atoms with Gasteiger partial charge in [0.15, 0.2) is 0 Å². The Morgan fingerprint density at radius 3 is 1.72 bits per heavy atom. The molecule has 0 radical (unpaired) electrons. The summed E-state index contributed by atoms with van der Waals surface area (Å²) in [7, 11) is 0. The topological polar surface area (TPSA) is 8.17 Å². The van der Waals surface area contributed by atoms with Crippen molar-refractivity contribution in [2.24, 2.45) is 0 Å². The Balaban J connectivity index is 1.22. The summed E-state index contributed by atoms with van der Waals surface area (Å²) in [6.45, 7) is 4.74. The fraction of sp³-hybridized carbons (Fsp3) is 0.0545. The van der Waals surface area contributed by atoms with Crippen molar-refractivity contribution in [1.82, 2.24) is 4.57 Å². The second kappa shape index (κ2) is 13.0. The summed E-state index contributed by atoms with van der Waals surface area (Å²) in [5.41, 5.74) is 16.9. The van der Waals surface area contributed by atoms with Gasteiger partial charge >= 0.3 is 0 Å². The van der Waals surface area contributed by atoms with Crippen LogP contribution in [0.25, 0.3) is 71.6 Å². The molecule has 11 rings (SSSR count). The first-order chi connectivity index (χ1) is 28.1. The number of fused-ring (bicyclic) bond motifs is 7. The average molecular weight is 729 g/mol. The predicted molar refractivity (Wildman–Crippen MR) is 241 cm³/mol. The highest BCUT2D eigenvalue weighted by Gasteiger charge is 2.36. The Morgan fingerprint density at radius 1 is 0.404 bits per heavy atom. The first-order valence-corrected chi connectivity index (χ1v) is 19.9. The number of benzene rings is 9. The van der Waals surface area contributed by atoms with Crippen LogP contribution in [0, 0.1) is 0 Å². The summed E-state index contributed by atoms with van der Waals surface area (Å²) in [6.07, 6.45) is 0. The van der Waals surface area contributed by atoms with Crippen LogP contribution in [0.15, 0.2) is 206 Å². The summed E-state index contributed by atoms with van der Waals surface area (Å²) in [4.78, 5) is 2.51. The van der Waals surface area contributed by atoms with E-state index in [-0.39, 0.29) is 5.41 Å². The lowest BCUT2D eigenvalue weighted by Gasteiger charge is -2.32. The molecule has 9 aromatic carbocycles. The van der Waals surface area contributed by atoms with E-state index in [4.69, 9.17) is 0 Å². The van der Waals surface area contributed by atoms with Crippen molar-refractivity contribution < 1.29 is 0 Å². The van der Waals surface area contributed by atoms with Crippen molar-refractivity contribution in [2.45, 2.75) is 19.3 Å². The van der Waals surface area contributed by atoms with Crippen LogP contribution in [0.3, 0.4) is 0 Å². The van der Waals surface area contributed by atoms with Crippen LogP contribution in [0.1, 0.15) is 25.0 Å². The van der Waals surface area contributed by atoms with Gasteiger partial charge in [0.1, 0.15) is 0 Å². The van der Waals surface area contributed by atoms with E-state index in [1.54, 1.807) is 0 Å². The normalized spacial score (nSPS) is 12.9. The van der Waals surface area contributed by atoms with Gasteiger partial charge in [0, 0.05) is 27.4 Å². The van der Waals surface area contributed by atoms with Gasteiger partial charge in [-0.25, -0.2) is 0 Å². The highest BCUT2D eigenvalue weighted by molar-refractivity contribution is 6.11. The maximum absolute atomic E-state index is 2.51. The Bertz CT molecular complexity index is 3110. The first-order valence-electron chi connectivity index (χ1n) is 19.9. The molecule has 10 aromatic rings. The Kier molecular flexibility index (Phi) is 7.55. The van der Waals surface area contributed by atoms with Crippen molar-refractivity contribution in [3.05, 3.63) is 217 Å². The van der Waals surface area contributed by atoms with E-state index in [1.165, 1.54) is 77.1 Å². The highest BCUT2D eigenvalue weighted by atomic mass is 15.2. The van der Waals surface area contributed by atoms with E-state index in [9.17, 15) is 0 Å². The van der Waals surface area contributed by atoms with Gasteiger partial charge in [-0.3, -0.25) is 0 Å². The zero-order chi connectivity index (χ0) is 38.1. The van der Waals surface area contributed by atoms with Crippen LogP contribution < -0.4 is 4.90 Å². The number of nitrogens with zero attached hydrogens (tertiary/aromatic N) is 2. The number of rotatable bonds is 6. The molecule has 1 aliphatic carbocycles. The molecule has 1 heterocycles. The molecule has 0 spiro atoms. The minimum Gasteiger partial charge on any atom is -0.308 e. The van der Waals surface area contributed by atoms with Crippen molar-refractivity contribution in [1.29, 1.82) is 0 Å². The van der Waals surface area contributed by atoms with Crippen LogP contribution in [-0.4, -0.2) is 4.57 Å². The van der Waals surface area contributed by atoms with Crippen LogP contribution in [-0.2, 0) is 5.41 Å². The molecule has 0 amide bonds. The van der Waals surface area contributed by atoms with Gasteiger partial charge in [0.05, 0.1) is 28.1 Å². The summed E-state index contributed by atoms with van der Waals surface area (Å²) in [5, 5.41) is 4.96. The predicted octanol–water partition coefficient (Wildman–Crippen LogP) is 15.0. The summed E-state index contributed by atoms with van der Waals surface area (Å²) < 4.78 is 2.45. The van der Waals surface area contributed by atoms with Crippen LogP contribution in [0.2, 0.25) is 0 Å². The molecule has 1 aliphatic rings. The fourth-order valence-corrected chi connectivity index (χ4v) is 9.58. The SMILES string of the molecule is CC1(C)c2ccccc2-c2ccc(N(c3ccccc3-c3cccc4cccc(-c5ccccc5)c34)c3ccccc3-n3c4ccccc4c4ccccc43)cc21. The van der Waals surface area contributed by atoms with Crippen molar-refractivity contribution >= 4 is 49.6 Å². The van der Waals surface area contributed by atoms with Gasteiger partial charge in [-0.2, -0.15) is 0 Å². The molecule has 0 fully saturated rings. The lowest BCUT2D eigenvalue weighted by Crippen LogP contribution is -2.17. The molecular weight excluding hydrogens is 689 g/mol. The van der Waals surface area contributed by atoms with Crippen LogP contribution in [0.4, 0.5) is 17.1 Å². The number of para-hydroxylation sites is 5. The van der Waals surface area contributed by atoms with Gasteiger partial charge in [-0.15, -0.1) is 0 Å². The van der Waals surface area contributed by atoms with Crippen molar-refractivity contribution in [3.8, 4) is 39.1 Å². The monoisotopic (exact) mass is 728 g/mol. The molecule has 0 aliphatic heterocycles. The Morgan fingerprint density at radius 2 is 0.965 bits per heavy atom. The molecule has 2 heteroatoms. The van der Waals surface area contributed by atoms with Gasteiger partial charge < -0.3 is 9.47 Å². The zero-order valence-corrected chi connectivity index (χ0v) is 32.0. The van der Waals surface area contributed by atoms with E-state index in [2.05, 4.69) is 230 Å². The molecular formula is C55H40N2. The second-order valence-corrected chi connectivity index (χ2v) is 15.7. The largest absolute Gasteiger partial charge is 0.308 e. The molecule has 1 aromatic heterocycles. The van der Waals surface area contributed by atoms with Crippen molar-refractivity contribution in [2.75, 3.05) is 4.90 Å². The standard InChI is InChI=1S/C55H40N2/c1-55(2)47-28-10-6-22-41(47)42-35-34-39(36-48(42)55)56(52-32-14-15-33-53(52)57-50-30-12-7-23-43(50)44-24-8-13-31-51(44)57)49-29-11-9-25-45(49)46-27-17-21-38-20-16-26-40(54(38)46)37-18-4-3-5-19-37/h3-36H,1-2H3. The second-order valence-electron chi connectivity index (χ2n) is 15.7. The van der Waals surface area contributed by atoms with E-state index < -0.39 is 0 Å². The maximum Gasteiger partial charge on any atom is 0.0702 e. The summed E-state index contributed by atoms with van der Waals surface area (Å²) >= 11 is 0. The smallest absolute Gasteiger partial charge is 0.0702 e. The molecule has 2 nitrogen and oxygen atoms in total. The lowest BCUT2D eigenvalue weighted by molar-refractivity contribution is 0.660. The quantitative estimate of drug-likeness (QED) is 0.165. The van der Waals surface area contributed by atoms with Gasteiger partial charge in [-0.1, -0.05) is 178 Å². The Labute approximate surface area is 333 Å². The summed E-state index contributed by atoms with van der Waals surface area (Å²) in [6, 6.07) is 75.7. The molecule has 0 atom stereocenters. The van der Waals surface area contributed by atoms with E-state index in [1.807, 2.05) is 0 Å². The third-order valence-corrected chi connectivity index (χ3v) is 12.2. The van der Waals surface area contributed by atoms with Crippen LogP contribution >= 0.6 is 0 Å².